The highest BCUT2D eigenvalue weighted by Gasteiger charge is 2.08. The molecule has 96 valence electrons. The molecule has 0 aromatic carbocycles. The van der Waals surface area contributed by atoms with Crippen molar-refractivity contribution in [1.29, 1.82) is 0 Å². The molecule has 19 heavy (non-hydrogen) atoms. The Morgan fingerprint density at radius 2 is 2.42 bits per heavy atom. The van der Waals surface area contributed by atoms with Crippen LogP contribution in [0.1, 0.15) is 16.1 Å². The second kappa shape index (κ2) is 5.07. The van der Waals surface area contributed by atoms with Crippen molar-refractivity contribution < 1.29 is 9.21 Å². The van der Waals surface area contributed by atoms with Gasteiger partial charge >= 0.3 is 0 Å². The lowest BCUT2D eigenvalue weighted by Crippen LogP contribution is -2.22. The molecule has 0 bridgehead atoms. The zero-order chi connectivity index (χ0) is 13.1. The van der Waals surface area contributed by atoms with E-state index in [4.69, 9.17) is 4.42 Å². The first kappa shape index (κ1) is 11.7. The van der Waals surface area contributed by atoms with Crippen molar-refractivity contribution in [3.05, 3.63) is 53.6 Å². The molecular formula is C12H10N4O2S. The number of hydrogen-bond acceptors (Lipinski definition) is 5. The van der Waals surface area contributed by atoms with E-state index < -0.39 is 0 Å². The van der Waals surface area contributed by atoms with E-state index in [1.165, 1.54) is 12.5 Å². The SMILES string of the molecule is O=C(NCc1cn(-c2cccs2)nn1)c1ccoc1. The third-order valence-electron chi connectivity index (χ3n) is 2.49. The number of hydrogen-bond donors (Lipinski definition) is 1. The lowest BCUT2D eigenvalue weighted by atomic mass is 10.3. The highest BCUT2D eigenvalue weighted by atomic mass is 32.1. The van der Waals surface area contributed by atoms with Gasteiger partial charge < -0.3 is 9.73 Å². The molecule has 3 aromatic rings. The van der Waals surface area contributed by atoms with Crippen LogP contribution in [0.5, 0.6) is 0 Å². The van der Waals surface area contributed by atoms with Crippen molar-refractivity contribution in [2.24, 2.45) is 0 Å². The van der Waals surface area contributed by atoms with E-state index in [-0.39, 0.29) is 5.91 Å². The standard InChI is InChI=1S/C12H10N4O2S/c17-12(9-3-4-18-8-9)13-6-10-7-16(15-14-10)11-2-1-5-19-11/h1-5,7-8H,6H2,(H,13,17). The van der Waals surface area contributed by atoms with Crippen molar-refractivity contribution in [1.82, 2.24) is 20.3 Å². The molecule has 0 aliphatic carbocycles. The minimum absolute atomic E-state index is 0.195. The molecule has 0 aliphatic heterocycles. The molecule has 0 saturated carbocycles. The molecule has 3 aromatic heterocycles. The molecule has 0 spiro atoms. The summed E-state index contributed by atoms with van der Waals surface area (Å²) in [6, 6.07) is 5.51. The van der Waals surface area contributed by atoms with Gasteiger partial charge in [0.05, 0.1) is 24.6 Å². The predicted octanol–water partition coefficient (Wildman–Crippen LogP) is 1.85. The van der Waals surface area contributed by atoms with E-state index >= 15 is 0 Å². The van der Waals surface area contributed by atoms with E-state index in [0.717, 1.165) is 5.00 Å². The summed E-state index contributed by atoms with van der Waals surface area (Å²) in [7, 11) is 0. The monoisotopic (exact) mass is 274 g/mol. The van der Waals surface area contributed by atoms with Gasteiger partial charge in [-0.25, -0.2) is 4.68 Å². The Hall–Kier alpha value is -2.41. The van der Waals surface area contributed by atoms with Crippen LogP contribution in [0.3, 0.4) is 0 Å². The Balaban J connectivity index is 1.63. The maximum Gasteiger partial charge on any atom is 0.254 e. The normalized spacial score (nSPS) is 10.5. The molecule has 6 nitrogen and oxygen atoms in total. The Morgan fingerprint density at radius 1 is 1.47 bits per heavy atom. The number of aromatic nitrogens is 3. The van der Waals surface area contributed by atoms with Crippen LogP contribution >= 0.6 is 11.3 Å². The molecule has 0 saturated heterocycles. The number of carbonyl (C=O) groups excluding carboxylic acids is 1. The quantitative estimate of drug-likeness (QED) is 0.788. The van der Waals surface area contributed by atoms with E-state index in [0.29, 0.717) is 17.8 Å². The second-order valence-corrected chi connectivity index (χ2v) is 4.73. The number of carbonyl (C=O) groups is 1. The largest absolute Gasteiger partial charge is 0.472 e. The smallest absolute Gasteiger partial charge is 0.254 e. The summed E-state index contributed by atoms with van der Waals surface area (Å²) >= 11 is 1.57. The van der Waals surface area contributed by atoms with Crippen LogP contribution in [0, 0.1) is 0 Å². The zero-order valence-electron chi connectivity index (χ0n) is 9.81. The van der Waals surface area contributed by atoms with Crippen molar-refractivity contribution >= 4 is 17.2 Å². The van der Waals surface area contributed by atoms with Gasteiger partial charge in [-0.1, -0.05) is 5.21 Å². The molecule has 0 fully saturated rings. The number of amides is 1. The van der Waals surface area contributed by atoms with E-state index in [1.54, 1.807) is 28.3 Å². The summed E-state index contributed by atoms with van der Waals surface area (Å²) < 4.78 is 6.53. The summed E-state index contributed by atoms with van der Waals surface area (Å²) in [5.41, 5.74) is 1.19. The second-order valence-electron chi connectivity index (χ2n) is 3.80. The fourth-order valence-corrected chi connectivity index (χ4v) is 2.20. The van der Waals surface area contributed by atoms with Gasteiger partial charge in [-0.05, 0) is 23.6 Å². The molecule has 0 unspecified atom stereocenters. The summed E-state index contributed by atoms with van der Waals surface area (Å²) in [6.07, 6.45) is 4.65. The van der Waals surface area contributed by atoms with Crippen LogP contribution in [-0.4, -0.2) is 20.9 Å². The minimum Gasteiger partial charge on any atom is -0.472 e. The lowest BCUT2D eigenvalue weighted by Gasteiger charge is -1.99. The molecule has 3 heterocycles. The van der Waals surface area contributed by atoms with Gasteiger partial charge in [0.25, 0.3) is 5.91 Å². The fraction of sp³-hybridized carbons (Fsp3) is 0.0833. The molecule has 3 rings (SSSR count). The number of rotatable bonds is 4. The van der Waals surface area contributed by atoms with Crippen LogP contribution in [0.2, 0.25) is 0 Å². The Kier molecular flexibility index (Phi) is 3.11. The predicted molar refractivity (Wildman–Crippen MR) is 69.1 cm³/mol. The van der Waals surface area contributed by atoms with Gasteiger partial charge in [-0.2, -0.15) is 0 Å². The minimum atomic E-state index is -0.195. The van der Waals surface area contributed by atoms with Gasteiger partial charge in [-0.15, -0.1) is 16.4 Å². The number of thiophene rings is 1. The van der Waals surface area contributed by atoms with Gasteiger partial charge in [0.1, 0.15) is 17.0 Å². The van der Waals surface area contributed by atoms with Crippen molar-refractivity contribution in [2.75, 3.05) is 0 Å². The maximum absolute atomic E-state index is 11.7. The molecule has 1 amide bonds. The topological polar surface area (TPSA) is 73.0 Å². The number of nitrogens with zero attached hydrogens (tertiary/aromatic N) is 3. The third-order valence-corrected chi connectivity index (χ3v) is 3.34. The highest BCUT2D eigenvalue weighted by Crippen LogP contribution is 2.13. The average molecular weight is 274 g/mol. The van der Waals surface area contributed by atoms with Gasteiger partial charge in [0.15, 0.2) is 0 Å². The van der Waals surface area contributed by atoms with E-state index in [1.807, 2.05) is 17.5 Å². The molecule has 0 atom stereocenters. The first-order valence-electron chi connectivity index (χ1n) is 5.58. The molecular weight excluding hydrogens is 264 g/mol. The Bertz CT molecular complexity index is 658. The Labute approximate surface area is 112 Å². The Morgan fingerprint density at radius 3 is 3.16 bits per heavy atom. The van der Waals surface area contributed by atoms with E-state index in [9.17, 15) is 4.79 Å². The fourth-order valence-electron chi connectivity index (χ4n) is 1.55. The van der Waals surface area contributed by atoms with Gasteiger partial charge in [0, 0.05) is 0 Å². The molecule has 0 radical (unpaired) electrons. The van der Waals surface area contributed by atoms with E-state index in [2.05, 4.69) is 15.6 Å². The van der Waals surface area contributed by atoms with Crippen LogP contribution in [0.4, 0.5) is 0 Å². The lowest BCUT2D eigenvalue weighted by molar-refractivity contribution is 0.0950. The summed E-state index contributed by atoms with van der Waals surface area (Å²) in [5, 5.41) is 13.7. The average Bonchev–Trinajstić information content (AvgIpc) is 3.14. The summed E-state index contributed by atoms with van der Waals surface area (Å²) in [4.78, 5) is 11.7. The molecule has 1 N–H and O–H groups in total. The zero-order valence-corrected chi connectivity index (χ0v) is 10.6. The molecule has 7 heteroatoms. The third kappa shape index (κ3) is 2.55. The molecule has 0 aliphatic rings. The number of nitrogens with one attached hydrogen (secondary N) is 1. The first-order valence-corrected chi connectivity index (χ1v) is 6.46. The summed E-state index contributed by atoms with van der Waals surface area (Å²) in [5.74, 6) is -0.195. The van der Waals surface area contributed by atoms with Gasteiger partial charge in [0.2, 0.25) is 0 Å². The number of furan rings is 1. The maximum atomic E-state index is 11.7. The van der Waals surface area contributed by atoms with Crippen molar-refractivity contribution in [2.45, 2.75) is 6.54 Å². The van der Waals surface area contributed by atoms with Gasteiger partial charge in [-0.3, -0.25) is 4.79 Å². The van der Waals surface area contributed by atoms with Crippen LogP contribution in [0.25, 0.3) is 5.00 Å². The highest BCUT2D eigenvalue weighted by molar-refractivity contribution is 7.12. The van der Waals surface area contributed by atoms with Crippen molar-refractivity contribution in [3.8, 4) is 5.00 Å². The van der Waals surface area contributed by atoms with Crippen LogP contribution in [0.15, 0.2) is 46.7 Å². The van der Waals surface area contributed by atoms with Crippen LogP contribution < -0.4 is 5.32 Å². The van der Waals surface area contributed by atoms with Crippen molar-refractivity contribution in [3.63, 3.8) is 0 Å². The van der Waals surface area contributed by atoms with Crippen LogP contribution in [-0.2, 0) is 6.54 Å². The summed E-state index contributed by atoms with van der Waals surface area (Å²) in [6.45, 7) is 0.329. The first-order chi connectivity index (χ1) is 9.33.